The summed E-state index contributed by atoms with van der Waals surface area (Å²) < 4.78 is 46.1. The van der Waals surface area contributed by atoms with Crippen LogP contribution < -0.4 is 10.1 Å². The molecule has 0 aromatic heterocycles. The molecule has 0 saturated carbocycles. The second kappa shape index (κ2) is 7.00. The Balaban J connectivity index is 2.55. The number of anilines is 1. The van der Waals surface area contributed by atoms with Crippen molar-refractivity contribution in [1.82, 2.24) is 0 Å². The number of para-hydroxylation sites is 2. The fourth-order valence-electron chi connectivity index (χ4n) is 1.46. The molecule has 4 nitrogen and oxygen atoms in total. The van der Waals surface area contributed by atoms with E-state index >= 15 is 0 Å². The third-order valence-corrected chi connectivity index (χ3v) is 2.35. The fourth-order valence-corrected chi connectivity index (χ4v) is 1.46. The number of hydrogen-bond acceptors (Lipinski definition) is 4. The Morgan fingerprint density at radius 3 is 2.38 bits per heavy atom. The lowest BCUT2D eigenvalue weighted by molar-refractivity contribution is -0.274. The summed E-state index contributed by atoms with van der Waals surface area (Å²) in [5, 5.41) is 12.5. The number of rotatable bonds is 6. The predicted octanol–water partition coefficient (Wildman–Crippen LogP) is 3.17. The topological polar surface area (TPSA) is 50.7 Å². The van der Waals surface area contributed by atoms with Crippen molar-refractivity contribution in [2.75, 3.05) is 18.5 Å². The van der Waals surface area contributed by atoms with Crippen LogP contribution in [-0.4, -0.2) is 36.3 Å². The first-order chi connectivity index (χ1) is 9.57. The lowest BCUT2D eigenvalue weighted by atomic mass is 10.2. The molecular weight excluding hydrogens is 287 g/mol. The molecule has 7 heteroatoms. The van der Waals surface area contributed by atoms with Gasteiger partial charge in [0.25, 0.3) is 0 Å². The SMILES string of the molecule is CC(C)(C)OCC(O)CNc1ccccc1OC(F)(F)F. The quantitative estimate of drug-likeness (QED) is 0.847. The highest BCUT2D eigenvalue weighted by Crippen LogP contribution is 2.29. The van der Waals surface area contributed by atoms with Gasteiger partial charge in [0.15, 0.2) is 5.75 Å². The van der Waals surface area contributed by atoms with Gasteiger partial charge in [0.1, 0.15) is 0 Å². The van der Waals surface area contributed by atoms with Crippen LogP contribution in [0, 0.1) is 0 Å². The Morgan fingerprint density at radius 1 is 1.19 bits per heavy atom. The fraction of sp³-hybridized carbons (Fsp3) is 0.571. The van der Waals surface area contributed by atoms with Gasteiger partial charge < -0.3 is 19.9 Å². The third-order valence-electron chi connectivity index (χ3n) is 2.35. The summed E-state index contributed by atoms with van der Waals surface area (Å²) in [6, 6.07) is 5.65. The summed E-state index contributed by atoms with van der Waals surface area (Å²) in [7, 11) is 0. The van der Waals surface area contributed by atoms with E-state index in [-0.39, 0.29) is 24.6 Å². The number of aliphatic hydroxyl groups is 1. The Labute approximate surface area is 121 Å². The first kappa shape index (κ1) is 17.6. The van der Waals surface area contributed by atoms with E-state index < -0.39 is 18.1 Å². The zero-order chi connectivity index (χ0) is 16.1. The standard InChI is InChI=1S/C14H20F3NO3/c1-13(2,3)20-9-10(19)8-18-11-6-4-5-7-12(11)21-14(15,16)17/h4-7,10,18-19H,8-9H2,1-3H3. The summed E-state index contributed by atoms with van der Waals surface area (Å²) in [6.07, 6.45) is -5.60. The summed E-state index contributed by atoms with van der Waals surface area (Å²) in [5.41, 5.74) is -0.234. The molecule has 0 aliphatic carbocycles. The lowest BCUT2D eigenvalue weighted by Crippen LogP contribution is -2.30. The molecule has 1 aromatic rings. The highest BCUT2D eigenvalue weighted by molar-refractivity contribution is 5.56. The average Bonchev–Trinajstić information content (AvgIpc) is 2.32. The molecule has 0 amide bonds. The monoisotopic (exact) mass is 307 g/mol. The zero-order valence-electron chi connectivity index (χ0n) is 12.2. The van der Waals surface area contributed by atoms with Crippen LogP contribution in [0.4, 0.5) is 18.9 Å². The number of halogens is 3. The van der Waals surface area contributed by atoms with Crippen molar-refractivity contribution in [3.05, 3.63) is 24.3 Å². The van der Waals surface area contributed by atoms with Crippen LogP contribution in [0.15, 0.2) is 24.3 Å². The van der Waals surface area contributed by atoms with E-state index in [4.69, 9.17) is 4.74 Å². The Bertz CT molecular complexity index is 444. The van der Waals surface area contributed by atoms with Gasteiger partial charge in [0.05, 0.1) is 24.0 Å². The third kappa shape index (κ3) is 7.77. The second-order valence-electron chi connectivity index (χ2n) is 5.50. The normalized spacial score (nSPS) is 13.9. The molecule has 21 heavy (non-hydrogen) atoms. The van der Waals surface area contributed by atoms with E-state index in [9.17, 15) is 18.3 Å². The zero-order valence-corrected chi connectivity index (χ0v) is 12.2. The first-order valence-corrected chi connectivity index (χ1v) is 6.47. The highest BCUT2D eigenvalue weighted by Gasteiger charge is 2.32. The Hall–Kier alpha value is -1.47. The molecule has 1 atom stereocenters. The molecule has 0 aliphatic heterocycles. The van der Waals surface area contributed by atoms with Crippen LogP contribution in [0.3, 0.4) is 0 Å². The van der Waals surface area contributed by atoms with Gasteiger partial charge in [-0.05, 0) is 32.9 Å². The molecule has 120 valence electrons. The maximum absolute atomic E-state index is 12.3. The van der Waals surface area contributed by atoms with E-state index in [0.717, 1.165) is 0 Å². The van der Waals surface area contributed by atoms with Crippen molar-refractivity contribution < 1.29 is 27.8 Å². The molecule has 1 aromatic carbocycles. The minimum Gasteiger partial charge on any atom is -0.404 e. The van der Waals surface area contributed by atoms with Crippen LogP contribution in [0.1, 0.15) is 20.8 Å². The van der Waals surface area contributed by atoms with Gasteiger partial charge in [-0.25, -0.2) is 0 Å². The maximum atomic E-state index is 12.3. The van der Waals surface area contributed by atoms with E-state index in [1.54, 1.807) is 6.07 Å². The number of nitrogens with one attached hydrogen (secondary N) is 1. The maximum Gasteiger partial charge on any atom is 0.573 e. The predicted molar refractivity (Wildman–Crippen MR) is 73.3 cm³/mol. The summed E-state index contributed by atoms with van der Waals surface area (Å²) in [5.74, 6) is -0.339. The highest BCUT2D eigenvalue weighted by atomic mass is 19.4. The van der Waals surface area contributed by atoms with Gasteiger partial charge in [-0.2, -0.15) is 0 Å². The summed E-state index contributed by atoms with van der Waals surface area (Å²) in [4.78, 5) is 0. The molecule has 2 N–H and O–H groups in total. The van der Waals surface area contributed by atoms with E-state index in [2.05, 4.69) is 10.1 Å². The van der Waals surface area contributed by atoms with Crippen LogP contribution in [0.2, 0.25) is 0 Å². The number of benzene rings is 1. The van der Waals surface area contributed by atoms with Gasteiger partial charge >= 0.3 is 6.36 Å². The molecule has 1 rings (SSSR count). The van der Waals surface area contributed by atoms with Gasteiger partial charge in [-0.3, -0.25) is 0 Å². The number of ether oxygens (including phenoxy) is 2. The van der Waals surface area contributed by atoms with Crippen LogP contribution >= 0.6 is 0 Å². The Morgan fingerprint density at radius 2 is 1.81 bits per heavy atom. The number of alkyl halides is 3. The minimum atomic E-state index is -4.76. The molecule has 0 fully saturated rings. The molecule has 1 unspecified atom stereocenters. The van der Waals surface area contributed by atoms with Gasteiger partial charge in [0.2, 0.25) is 0 Å². The van der Waals surface area contributed by atoms with Gasteiger partial charge in [0, 0.05) is 6.54 Å². The largest absolute Gasteiger partial charge is 0.573 e. The summed E-state index contributed by atoms with van der Waals surface area (Å²) >= 11 is 0. The van der Waals surface area contributed by atoms with Crippen LogP contribution in [-0.2, 0) is 4.74 Å². The lowest BCUT2D eigenvalue weighted by Gasteiger charge is -2.22. The van der Waals surface area contributed by atoms with Gasteiger partial charge in [-0.15, -0.1) is 13.2 Å². The smallest absolute Gasteiger partial charge is 0.404 e. The first-order valence-electron chi connectivity index (χ1n) is 6.47. The second-order valence-corrected chi connectivity index (χ2v) is 5.50. The molecule has 0 heterocycles. The van der Waals surface area contributed by atoms with E-state index in [1.165, 1.54) is 18.2 Å². The van der Waals surface area contributed by atoms with Crippen molar-refractivity contribution in [2.45, 2.75) is 38.8 Å². The molecule has 0 saturated heterocycles. The molecule has 0 spiro atoms. The van der Waals surface area contributed by atoms with Crippen molar-refractivity contribution in [3.63, 3.8) is 0 Å². The average molecular weight is 307 g/mol. The van der Waals surface area contributed by atoms with E-state index in [1.807, 2.05) is 20.8 Å². The van der Waals surface area contributed by atoms with Crippen molar-refractivity contribution in [3.8, 4) is 5.75 Å². The van der Waals surface area contributed by atoms with Crippen LogP contribution in [0.5, 0.6) is 5.75 Å². The van der Waals surface area contributed by atoms with Crippen LogP contribution in [0.25, 0.3) is 0 Å². The van der Waals surface area contributed by atoms with Gasteiger partial charge in [-0.1, -0.05) is 12.1 Å². The molecule has 0 radical (unpaired) electrons. The van der Waals surface area contributed by atoms with Crippen molar-refractivity contribution >= 4 is 5.69 Å². The number of hydrogen-bond donors (Lipinski definition) is 2. The van der Waals surface area contributed by atoms with E-state index in [0.29, 0.717) is 0 Å². The van der Waals surface area contributed by atoms with Crippen molar-refractivity contribution in [2.24, 2.45) is 0 Å². The number of aliphatic hydroxyl groups excluding tert-OH is 1. The molecular formula is C14H20F3NO3. The summed E-state index contributed by atoms with van der Waals surface area (Å²) in [6.45, 7) is 5.67. The van der Waals surface area contributed by atoms with Crippen molar-refractivity contribution in [1.29, 1.82) is 0 Å². The minimum absolute atomic E-state index is 0.0499. The molecule has 0 aliphatic rings. The molecule has 0 bridgehead atoms. The Kier molecular flexibility index (Phi) is 5.86.